The van der Waals surface area contributed by atoms with Crippen LogP contribution in [0, 0.1) is 0 Å². The van der Waals surface area contributed by atoms with Crippen LogP contribution >= 0.6 is 0 Å². The first-order valence-electron chi connectivity index (χ1n) is 12.5. The lowest BCUT2D eigenvalue weighted by Gasteiger charge is -2.25. The lowest BCUT2D eigenvalue weighted by Crippen LogP contribution is -2.15. The Balaban J connectivity index is 1.66. The van der Waals surface area contributed by atoms with Crippen LogP contribution in [0.5, 0.6) is 0 Å². The molecular formula is C33H35N. The van der Waals surface area contributed by atoms with Crippen LogP contribution in [0.1, 0.15) is 75.6 Å². The SMILES string of the molecule is CC(C)c1ccc(-c2ccccc2)cc1Nc1cc2c(cc1C(C)C)C(C)(C)c1ccccc1-2. The Kier molecular flexibility index (Phi) is 5.60. The van der Waals surface area contributed by atoms with Crippen molar-refractivity contribution in [1.29, 1.82) is 0 Å². The molecule has 1 aliphatic carbocycles. The fourth-order valence-electron chi connectivity index (χ4n) is 5.47. The first kappa shape index (κ1) is 22.5. The van der Waals surface area contributed by atoms with Crippen molar-refractivity contribution in [3.63, 3.8) is 0 Å². The normalized spacial score (nSPS) is 13.8. The van der Waals surface area contributed by atoms with Crippen LogP contribution in [-0.2, 0) is 5.41 Å². The van der Waals surface area contributed by atoms with E-state index < -0.39 is 0 Å². The maximum atomic E-state index is 3.90. The Hall–Kier alpha value is -3.32. The highest BCUT2D eigenvalue weighted by atomic mass is 14.9. The minimum atomic E-state index is 0.0183. The Morgan fingerprint density at radius 3 is 1.91 bits per heavy atom. The van der Waals surface area contributed by atoms with Crippen LogP contribution in [0.3, 0.4) is 0 Å². The summed E-state index contributed by atoms with van der Waals surface area (Å²) in [7, 11) is 0. The zero-order chi connectivity index (χ0) is 24.0. The van der Waals surface area contributed by atoms with E-state index in [0.717, 1.165) is 0 Å². The summed E-state index contributed by atoms with van der Waals surface area (Å²) in [5.74, 6) is 0.857. The van der Waals surface area contributed by atoms with E-state index in [4.69, 9.17) is 0 Å². The molecule has 4 aromatic rings. The molecule has 1 heteroatoms. The van der Waals surface area contributed by atoms with E-state index in [1.807, 2.05) is 0 Å². The van der Waals surface area contributed by atoms with Gasteiger partial charge in [0.1, 0.15) is 0 Å². The molecule has 0 aliphatic heterocycles. The predicted octanol–water partition coefficient (Wildman–Crippen LogP) is 9.65. The van der Waals surface area contributed by atoms with E-state index in [9.17, 15) is 0 Å². The number of benzene rings is 4. The smallest absolute Gasteiger partial charge is 0.0425 e. The Labute approximate surface area is 204 Å². The molecule has 4 aromatic carbocycles. The third-order valence-corrected chi connectivity index (χ3v) is 7.43. The van der Waals surface area contributed by atoms with Crippen LogP contribution in [-0.4, -0.2) is 0 Å². The largest absolute Gasteiger partial charge is 0.355 e. The van der Waals surface area contributed by atoms with Gasteiger partial charge in [0.05, 0.1) is 0 Å². The van der Waals surface area contributed by atoms with Crippen molar-refractivity contribution in [3.8, 4) is 22.3 Å². The summed E-state index contributed by atoms with van der Waals surface area (Å²) >= 11 is 0. The fraction of sp³-hybridized carbons (Fsp3) is 0.273. The molecule has 0 bridgehead atoms. The monoisotopic (exact) mass is 445 g/mol. The molecule has 5 rings (SSSR count). The molecule has 34 heavy (non-hydrogen) atoms. The number of anilines is 2. The molecule has 0 aromatic heterocycles. The third-order valence-electron chi connectivity index (χ3n) is 7.43. The minimum Gasteiger partial charge on any atom is -0.355 e. The van der Waals surface area contributed by atoms with Crippen molar-refractivity contribution in [1.82, 2.24) is 0 Å². The van der Waals surface area contributed by atoms with Crippen LogP contribution in [0.2, 0.25) is 0 Å². The predicted molar refractivity (Wildman–Crippen MR) is 147 cm³/mol. The van der Waals surface area contributed by atoms with Crippen LogP contribution in [0.15, 0.2) is 84.9 Å². The highest BCUT2D eigenvalue weighted by Gasteiger charge is 2.36. The van der Waals surface area contributed by atoms with E-state index in [2.05, 4.69) is 132 Å². The van der Waals surface area contributed by atoms with E-state index in [1.165, 1.54) is 55.9 Å². The van der Waals surface area contributed by atoms with Gasteiger partial charge < -0.3 is 5.32 Å². The maximum Gasteiger partial charge on any atom is 0.0425 e. The second kappa shape index (κ2) is 8.47. The van der Waals surface area contributed by atoms with E-state index in [0.29, 0.717) is 11.8 Å². The molecule has 0 radical (unpaired) electrons. The zero-order valence-electron chi connectivity index (χ0n) is 21.2. The second-order valence-corrected chi connectivity index (χ2v) is 10.8. The first-order valence-corrected chi connectivity index (χ1v) is 12.5. The van der Waals surface area contributed by atoms with Gasteiger partial charge in [0.2, 0.25) is 0 Å². The number of hydrogen-bond acceptors (Lipinski definition) is 1. The average Bonchev–Trinajstić information content (AvgIpc) is 3.05. The van der Waals surface area contributed by atoms with Crippen LogP contribution < -0.4 is 5.32 Å². The van der Waals surface area contributed by atoms with E-state index in [1.54, 1.807) is 0 Å². The molecule has 1 nitrogen and oxygen atoms in total. The average molecular weight is 446 g/mol. The second-order valence-electron chi connectivity index (χ2n) is 10.8. The van der Waals surface area contributed by atoms with Gasteiger partial charge in [-0.2, -0.15) is 0 Å². The quantitative estimate of drug-likeness (QED) is 0.322. The number of hydrogen-bond donors (Lipinski definition) is 1. The molecule has 172 valence electrons. The zero-order valence-corrected chi connectivity index (χ0v) is 21.2. The van der Waals surface area contributed by atoms with Gasteiger partial charge in [-0.25, -0.2) is 0 Å². The summed E-state index contributed by atoms with van der Waals surface area (Å²) in [4.78, 5) is 0. The van der Waals surface area contributed by atoms with Crippen molar-refractivity contribution in [2.24, 2.45) is 0 Å². The van der Waals surface area contributed by atoms with Gasteiger partial charge in [0.25, 0.3) is 0 Å². The van der Waals surface area contributed by atoms with Gasteiger partial charge >= 0.3 is 0 Å². The van der Waals surface area contributed by atoms with Crippen molar-refractivity contribution < 1.29 is 0 Å². The van der Waals surface area contributed by atoms with Gasteiger partial charge in [0, 0.05) is 16.8 Å². The lowest BCUT2D eigenvalue weighted by atomic mass is 9.81. The van der Waals surface area contributed by atoms with E-state index >= 15 is 0 Å². The van der Waals surface area contributed by atoms with Crippen LogP contribution in [0.25, 0.3) is 22.3 Å². The Morgan fingerprint density at radius 2 is 1.21 bits per heavy atom. The van der Waals surface area contributed by atoms with Gasteiger partial charge in [-0.1, -0.05) is 114 Å². The molecule has 1 N–H and O–H groups in total. The summed E-state index contributed by atoms with van der Waals surface area (Å²) in [6.45, 7) is 13.8. The van der Waals surface area contributed by atoms with Crippen molar-refractivity contribution in [2.75, 3.05) is 5.32 Å². The summed E-state index contributed by atoms with van der Waals surface area (Å²) in [5, 5.41) is 3.90. The molecule has 0 amide bonds. The van der Waals surface area contributed by atoms with Gasteiger partial charge in [-0.15, -0.1) is 0 Å². The van der Waals surface area contributed by atoms with Crippen LogP contribution in [0.4, 0.5) is 11.4 Å². The molecule has 0 fully saturated rings. The van der Waals surface area contributed by atoms with Gasteiger partial charge in [-0.05, 0) is 68.5 Å². The summed E-state index contributed by atoms with van der Waals surface area (Å²) in [6, 6.07) is 31.3. The molecule has 0 spiro atoms. The lowest BCUT2D eigenvalue weighted by molar-refractivity contribution is 0.658. The number of nitrogens with one attached hydrogen (secondary N) is 1. The molecule has 0 saturated heterocycles. The minimum absolute atomic E-state index is 0.0183. The van der Waals surface area contributed by atoms with Gasteiger partial charge in [-0.3, -0.25) is 0 Å². The van der Waals surface area contributed by atoms with Gasteiger partial charge in [0.15, 0.2) is 0 Å². The molecule has 0 atom stereocenters. The first-order chi connectivity index (χ1) is 16.3. The molecule has 0 heterocycles. The molecule has 1 aliphatic rings. The van der Waals surface area contributed by atoms with Crippen molar-refractivity contribution in [3.05, 3.63) is 107 Å². The van der Waals surface area contributed by atoms with Crippen molar-refractivity contribution >= 4 is 11.4 Å². The molecule has 0 saturated carbocycles. The number of rotatable bonds is 5. The van der Waals surface area contributed by atoms with E-state index in [-0.39, 0.29) is 5.41 Å². The number of fused-ring (bicyclic) bond motifs is 3. The topological polar surface area (TPSA) is 12.0 Å². The molecule has 0 unspecified atom stereocenters. The standard InChI is InChI=1S/C33H35N/c1-21(2)25-17-16-24(23-12-8-7-9-13-23)18-31(25)34-32-20-28-26-14-10-11-15-29(26)33(5,6)30(28)19-27(32)22(3)4/h7-22,34H,1-6H3. The summed E-state index contributed by atoms with van der Waals surface area (Å²) in [5.41, 5.74) is 13.2. The third kappa shape index (κ3) is 3.74. The highest BCUT2D eigenvalue weighted by Crippen LogP contribution is 2.51. The Morgan fingerprint density at radius 1 is 0.559 bits per heavy atom. The Bertz CT molecular complexity index is 1340. The summed E-state index contributed by atoms with van der Waals surface area (Å²) < 4.78 is 0. The van der Waals surface area contributed by atoms with Crippen molar-refractivity contribution in [2.45, 2.75) is 58.8 Å². The molecular weight excluding hydrogens is 410 g/mol. The highest BCUT2D eigenvalue weighted by molar-refractivity contribution is 5.86. The fourth-order valence-corrected chi connectivity index (χ4v) is 5.47. The maximum absolute atomic E-state index is 3.90. The summed E-state index contributed by atoms with van der Waals surface area (Å²) in [6.07, 6.45) is 0.